The quantitative estimate of drug-likeness (QED) is 0.820. The summed E-state index contributed by atoms with van der Waals surface area (Å²) in [6.07, 6.45) is 3.70. The number of nitrogens with zero attached hydrogens (tertiary/aromatic N) is 1. The van der Waals surface area contributed by atoms with Crippen LogP contribution < -0.4 is 11.1 Å². The van der Waals surface area contributed by atoms with E-state index in [9.17, 15) is 4.79 Å². The number of carbonyl (C=O) groups excluding carboxylic acids is 1. The second-order valence-electron chi connectivity index (χ2n) is 4.35. The molecule has 4 heteroatoms. The Morgan fingerprint density at radius 2 is 2.00 bits per heavy atom. The standard InChI is InChI=1S/C13H13N3O/c14-12-10-4-2-1-3-9(10)11(7-15-12)13(17)16-8-5-6-8/h1-4,7-8H,5-6H2,(H2,14,15)(H,16,17). The van der Waals surface area contributed by atoms with Gasteiger partial charge in [0.2, 0.25) is 0 Å². The smallest absolute Gasteiger partial charge is 0.253 e. The van der Waals surface area contributed by atoms with Gasteiger partial charge in [-0.05, 0) is 18.2 Å². The van der Waals surface area contributed by atoms with Gasteiger partial charge in [-0.3, -0.25) is 4.79 Å². The number of anilines is 1. The molecule has 1 aliphatic carbocycles. The molecule has 1 aromatic heterocycles. The van der Waals surface area contributed by atoms with E-state index < -0.39 is 0 Å². The Morgan fingerprint density at radius 1 is 1.29 bits per heavy atom. The first-order chi connectivity index (χ1) is 8.25. The molecule has 1 aliphatic rings. The van der Waals surface area contributed by atoms with Crippen molar-refractivity contribution in [2.24, 2.45) is 0 Å². The number of hydrogen-bond donors (Lipinski definition) is 2. The maximum Gasteiger partial charge on any atom is 0.253 e. The number of benzene rings is 1. The number of fused-ring (bicyclic) bond motifs is 1. The van der Waals surface area contributed by atoms with E-state index in [0.29, 0.717) is 17.4 Å². The molecule has 0 aliphatic heterocycles. The van der Waals surface area contributed by atoms with Crippen molar-refractivity contribution in [3.63, 3.8) is 0 Å². The fourth-order valence-electron chi connectivity index (χ4n) is 1.89. The molecule has 1 aromatic carbocycles. The number of nitrogen functional groups attached to an aromatic ring is 1. The largest absolute Gasteiger partial charge is 0.383 e. The molecular formula is C13H13N3O. The zero-order valence-electron chi connectivity index (χ0n) is 9.31. The summed E-state index contributed by atoms with van der Waals surface area (Å²) in [5.41, 5.74) is 6.39. The van der Waals surface area contributed by atoms with Crippen LogP contribution in [0.2, 0.25) is 0 Å². The van der Waals surface area contributed by atoms with Crippen molar-refractivity contribution in [3.05, 3.63) is 36.0 Å². The molecule has 3 N–H and O–H groups in total. The van der Waals surface area contributed by atoms with Gasteiger partial charge in [-0.1, -0.05) is 24.3 Å². The fourth-order valence-corrected chi connectivity index (χ4v) is 1.89. The van der Waals surface area contributed by atoms with Gasteiger partial charge in [0.15, 0.2) is 0 Å². The van der Waals surface area contributed by atoms with Gasteiger partial charge < -0.3 is 11.1 Å². The zero-order chi connectivity index (χ0) is 11.8. The number of pyridine rings is 1. The number of hydrogen-bond acceptors (Lipinski definition) is 3. The van der Waals surface area contributed by atoms with Gasteiger partial charge in [0.1, 0.15) is 5.82 Å². The van der Waals surface area contributed by atoms with Crippen LogP contribution in [0, 0.1) is 0 Å². The molecule has 0 radical (unpaired) electrons. The molecule has 3 rings (SSSR count). The summed E-state index contributed by atoms with van der Waals surface area (Å²) in [6.45, 7) is 0. The van der Waals surface area contributed by atoms with Crippen molar-refractivity contribution in [1.82, 2.24) is 10.3 Å². The summed E-state index contributed by atoms with van der Waals surface area (Å²) in [7, 11) is 0. The van der Waals surface area contributed by atoms with E-state index in [0.717, 1.165) is 23.6 Å². The number of carbonyl (C=O) groups is 1. The third kappa shape index (κ3) is 1.82. The highest BCUT2D eigenvalue weighted by atomic mass is 16.1. The van der Waals surface area contributed by atoms with E-state index in [1.807, 2.05) is 24.3 Å². The van der Waals surface area contributed by atoms with Crippen molar-refractivity contribution in [3.8, 4) is 0 Å². The minimum Gasteiger partial charge on any atom is -0.383 e. The normalized spacial score (nSPS) is 14.8. The molecule has 1 fully saturated rings. The number of amides is 1. The summed E-state index contributed by atoms with van der Waals surface area (Å²) in [5.74, 6) is 0.403. The number of nitrogens with one attached hydrogen (secondary N) is 1. The van der Waals surface area contributed by atoms with E-state index in [1.54, 1.807) is 6.20 Å². The topological polar surface area (TPSA) is 68.0 Å². The lowest BCUT2D eigenvalue weighted by molar-refractivity contribution is 0.0952. The first-order valence-corrected chi connectivity index (χ1v) is 5.70. The predicted octanol–water partition coefficient (Wildman–Crippen LogP) is 1.71. The summed E-state index contributed by atoms with van der Waals surface area (Å²) in [5, 5.41) is 4.65. The predicted molar refractivity (Wildman–Crippen MR) is 66.6 cm³/mol. The van der Waals surface area contributed by atoms with Crippen LogP contribution in [0.1, 0.15) is 23.2 Å². The van der Waals surface area contributed by atoms with E-state index in [-0.39, 0.29) is 5.91 Å². The molecule has 1 heterocycles. The van der Waals surface area contributed by atoms with Crippen LogP contribution in [-0.4, -0.2) is 16.9 Å². The van der Waals surface area contributed by atoms with Crippen LogP contribution >= 0.6 is 0 Å². The number of aromatic nitrogens is 1. The molecule has 1 amide bonds. The number of rotatable bonds is 2. The Balaban J connectivity index is 2.09. The zero-order valence-corrected chi connectivity index (χ0v) is 9.31. The van der Waals surface area contributed by atoms with Gasteiger partial charge in [-0.15, -0.1) is 0 Å². The molecule has 0 saturated heterocycles. The van der Waals surface area contributed by atoms with Gasteiger partial charge in [0, 0.05) is 17.6 Å². The van der Waals surface area contributed by atoms with Crippen LogP contribution in [-0.2, 0) is 0 Å². The van der Waals surface area contributed by atoms with Gasteiger partial charge in [-0.2, -0.15) is 0 Å². The van der Waals surface area contributed by atoms with Crippen molar-refractivity contribution in [2.75, 3.05) is 5.73 Å². The lowest BCUT2D eigenvalue weighted by Gasteiger charge is -2.08. The van der Waals surface area contributed by atoms with Gasteiger partial charge in [-0.25, -0.2) is 4.98 Å². The highest BCUT2D eigenvalue weighted by Crippen LogP contribution is 2.24. The van der Waals surface area contributed by atoms with Gasteiger partial charge >= 0.3 is 0 Å². The third-order valence-corrected chi connectivity index (χ3v) is 2.98. The first-order valence-electron chi connectivity index (χ1n) is 5.70. The molecule has 0 spiro atoms. The lowest BCUT2D eigenvalue weighted by atomic mass is 10.1. The summed E-state index contributed by atoms with van der Waals surface area (Å²) >= 11 is 0. The molecule has 4 nitrogen and oxygen atoms in total. The third-order valence-electron chi connectivity index (χ3n) is 2.98. The maximum absolute atomic E-state index is 12.0. The van der Waals surface area contributed by atoms with Crippen molar-refractivity contribution >= 4 is 22.5 Å². The minimum atomic E-state index is -0.0591. The highest BCUT2D eigenvalue weighted by Gasteiger charge is 2.24. The van der Waals surface area contributed by atoms with Gasteiger partial charge in [0.25, 0.3) is 5.91 Å². The Kier molecular flexibility index (Phi) is 2.21. The Bertz CT molecular complexity index is 590. The maximum atomic E-state index is 12.0. The molecule has 0 unspecified atom stereocenters. The van der Waals surface area contributed by atoms with Crippen molar-refractivity contribution in [1.29, 1.82) is 0 Å². The fraction of sp³-hybridized carbons (Fsp3) is 0.231. The van der Waals surface area contributed by atoms with E-state index in [2.05, 4.69) is 10.3 Å². The van der Waals surface area contributed by atoms with Crippen LogP contribution in [0.4, 0.5) is 5.82 Å². The molecule has 0 bridgehead atoms. The summed E-state index contributed by atoms with van der Waals surface area (Å²) < 4.78 is 0. The summed E-state index contributed by atoms with van der Waals surface area (Å²) in [6, 6.07) is 7.91. The van der Waals surface area contributed by atoms with Crippen LogP contribution in [0.25, 0.3) is 10.8 Å². The van der Waals surface area contributed by atoms with E-state index >= 15 is 0 Å². The monoisotopic (exact) mass is 227 g/mol. The van der Waals surface area contributed by atoms with Crippen molar-refractivity contribution < 1.29 is 4.79 Å². The van der Waals surface area contributed by atoms with Crippen LogP contribution in [0.5, 0.6) is 0 Å². The highest BCUT2D eigenvalue weighted by molar-refractivity contribution is 6.09. The van der Waals surface area contributed by atoms with Crippen molar-refractivity contribution in [2.45, 2.75) is 18.9 Å². The van der Waals surface area contributed by atoms with E-state index in [1.165, 1.54) is 0 Å². The van der Waals surface area contributed by atoms with Gasteiger partial charge in [0.05, 0.1) is 5.56 Å². The molecule has 86 valence electrons. The Morgan fingerprint density at radius 3 is 2.71 bits per heavy atom. The second-order valence-corrected chi connectivity index (χ2v) is 4.35. The lowest BCUT2D eigenvalue weighted by Crippen LogP contribution is -2.25. The second kappa shape index (κ2) is 3.73. The molecule has 1 saturated carbocycles. The first kappa shape index (κ1) is 10.1. The SMILES string of the molecule is Nc1ncc(C(=O)NC2CC2)c2ccccc12. The molecule has 0 atom stereocenters. The average molecular weight is 227 g/mol. The molecular weight excluding hydrogens is 214 g/mol. The van der Waals surface area contributed by atoms with Crippen LogP contribution in [0.15, 0.2) is 30.5 Å². The molecule has 17 heavy (non-hydrogen) atoms. The average Bonchev–Trinajstić information content (AvgIpc) is 3.14. The molecule has 2 aromatic rings. The Labute approximate surface area is 98.8 Å². The number of nitrogens with two attached hydrogens (primary N) is 1. The summed E-state index contributed by atoms with van der Waals surface area (Å²) in [4.78, 5) is 16.1. The van der Waals surface area contributed by atoms with Crippen LogP contribution in [0.3, 0.4) is 0 Å². The van der Waals surface area contributed by atoms with E-state index in [4.69, 9.17) is 5.73 Å². The Hall–Kier alpha value is -2.10. The minimum absolute atomic E-state index is 0.0591.